The van der Waals surface area contributed by atoms with Crippen molar-refractivity contribution in [3.8, 4) is 0 Å². The summed E-state index contributed by atoms with van der Waals surface area (Å²) in [5, 5.41) is 9.30. The first-order valence-electron chi connectivity index (χ1n) is 6.14. The highest BCUT2D eigenvalue weighted by Gasteiger charge is 2.69. The molecule has 2 heterocycles. The molecule has 1 spiro atoms. The van der Waals surface area contributed by atoms with Gasteiger partial charge in [-0.05, 0) is 25.7 Å². The van der Waals surface area contributed by atoms with Gasteiger partial charge in [0, 0.05) is 0 Å². The van der Waals surface area contributed by atoms with Gasteiger partial charge in [-0.1, -0.05) is 19.3 Å². The third-order valence-corrected chi connectivity index (χ3v) is 4.11. The van der Waals surface area contributed by atoms with Crippen LogP contribution >= 0.6 is 0 Å². The van der Waals surface area contributed by atoms with E-state index in [2.05, 4.69) is 0 Å². The summed E-state index contributed by atoms with van der Waals surface area (Å²) >= 11 is 0. The van der Waals surface area contributed by atoms with E-state index >= 15 is 0 Å². The molecule has 0 bridgehead atoms. The van der Waals surface area contributed by atoms with E-state index in [1.165, 1.54) is 0 Å². The summed E-state index contributed by atoms with van der Waals surface area (Å²) in [5.41, 5.74) is -0.728. The fourth-order valence-corrected chi connectivity index (χ4v) is 3.19. The topological polar surface area (TPSA) is 57.2 Å². The van der Waals surface area contributed by atoms with Crippen molar-refractivity contribution in [3.05, 3.63) is 0 Å². The number of ether oxygens (including phenoxy) is 1. The van der Waals surface area contributed by atoms with Crippen molar-refractivity contribution in [1.82, 2.24) is 0 Å². The van der Waals surface area contributed by atoms with E-state index in [1.54, 1.807) is 0 Å². The number of hydrogen-bond acceptors (Lipinski definition) is 5. The lowest BCUT2D eigenvalue weighted by atomic mass is 9.75. The maximum absolute atomic E-state index is 9.30. The van der Waals surface area contributed by atoms with Gasteiger partial charge in [0.05, 0.1) is 6.61 Å². The van der Waals surface area contributed by atoms with Crippen LogP contribution in [0.4, 0.5) is 0 Å². The van der Waals surface area contributed by atoms with Crippen LogP contribution in [0, 0.1) is 0 Å². The Balaban J connectivity index is 1.92. The van der Waals surface area contributed by atoms with Crippen LogP contribution in [-0.4, -0.2) is 29.4 Å². The van der Waals surface area contributed by atoms with Gasteiger partial charge in [-0.3, -0.25) is 5.26 Å². The molecule has 3 atom stereocenters. The minimum absolute atomic E-state index is 0.0970. The molecule has 0 unspecified atom stereocenters. The SMILES string of the molecule is OO[C@]12CCCCC[C@H]3OO[C@]31OCCC2. The molecule has 1 aliphatic carbocycles. The largest absolute Gasteiger partial charge is 0.343 e. The van der Waals surface area contributed by atoms with E-state index in [9.17, 15) is 5.26 Å². The van der Waals surface area contributed by atoms with Crippen molar-refractivity contribution in [3.63, 3.8) is 0 Å². The lowest BCUT2D eigenvalue weighted by molar-refractivity contribution is -0.623. The van der Waals surface area contributed by atoms with Gasteiger partial charge in [0.15, 0.2) is 11.7 Å². The molecule has 3 fully saturated rings. The molecular formula is C11H18O5. The zero-order chi connectivity index (χ0) is 11.1. The molecule has 5 nitrogen and oxygen atoms in total. The zero-order valence-electron chi connectivity index (χ0n) is 9.31. The fourth-order valence-electron chi connectivity index (χ4n) is 3.19. The van der Waals surface area contributed by atoms with Gasteiger partial charge in [-0.25, -0.2) is 9.78 Å². The molecule has 0 radical (unpaired) electrons. The van der Waals surface area contributed by atoms with Crippen molar-refractivity contribution in [2.24, 2.45) is 0 Å². The second-order valence-electron chi connectivity index (χ2n) is 4.97. The highest BCUT2D eigenvalue weighted by atomic mass is 17.3. The smallest absolute Gasteiger partial charge is 0.263 e. The summed E-state index contributed by atoms with van der Waals surface area (Å²) in [4.78, 5) is 15.2. The molecule has 0 aromatic heterocycles. The molecule has 16 heavy (non-hydrogen) atoms. The van der Waals surface area contributed by atoms with Crippen LogP contribution in [0.15, 0.2) is 0 Å². The van der Waals surface area contributed by atoms with Gasteiger partial charge >= 0.3 is 0 Å². The second-order valence-corrected chi connectivity index (χ2v) is 4.97. The Bertz CT molecular complexity index is 261. The highest BCUT2D eigenvalue weighted by molar-refractivity contribution is 5.05. The zero-order valence-corrected chi connectivity index (χ0v) is 9.31. The molecular weight excluding hydrogens is 212 g/mol. The predicted octanol–water partition coefficient (Wildman–Crippen LogP) is 2.02. The molecule has 0 aromatic carbocycles. The van der Waals surface area contributed by atoms with Crippen molar-refractivity contribution >= 4 is 0 Å². The van der Waals surface area contributed by atoms with Crippen LogP contribution < -0.4 is 0 Å². The van der Waals surface area contributed by atoms with Gasteiger partial charge in [0.1, 0.15) is 0 Å². The quantitative estimate of drug-likeness (QED) is 0.551. The van der Waals surface area contributed by atoms with Crippen LogP contribution in [0.25, 0.3) is 0 Å². The maximum atomic E-state index is 9.30. The van der Waals surface area contributed by atoms with Crippen LogP contribution in [0.5, 0.6) is 0 Å². The lowest BCUT2D eigenvalue weighted by Crippen LogP contribution is -2.73. The third-order valence-electron chi connectivity index (χ3n) is 4.11. The van der Waals surface area contributed by atoms with Gasteiger partial charge in [0.25, 0.3) is 5.79 Å². The maximum Gasteiger partial charge on any atom is 0.263 e. The molecule has 2 aliphatic heterocycles. The Morgan fingerprint density at radius 1 is 1.12 bits per heavy atom. The monoisotopic (exact) mass is 230 g/mol. The summed E-state index contributed by atoms with van der Waals surface area (Å²) in [6.45, 7) is 0.644. The highest BCUT2D eigenvalue weighted by Crippen LogP contribution is 2.52. The van der Waals surface area contributed by atoms with E-state index in [1.807, 2.05) is 0 Å². The van der Waals surface area contributed by atoms with Crippen LogP contribution in [0.2, 0.25) is 0 Å². The predicted molar refractivity (Wildman–Crippen MR) is 53.4 cm³/mol. The Labute approximate surface area is 94.5 Å². The molecule has 2 saturated heterocycles. The number of hydrogen-bond donors (Lipinski definition) is 1. The van der Waals surface area contributed by atoms with Crippen molar-refractivity contribution in [2.45, 2.75) is 62.4 Å². The van der Waals surface area contributed by atoms with Gasteiger partial charge in [-0.15, -0.1) is 0 Å². The minimum atomic E-state index is -0.861. The summed E-state index contributed by atoms with van der Waals surface area (Å²) in [7, 11) is 0. The summed E-state index contributed by atoms with van der Waals surface area (Å²) in [5.74, 6) is -0.861. The van der Waals surface area contributed by atoms with Crippen molar-refractivity contribution < 1.29 is 24.7 Å². The minimum Gasteiger partial charge on any atom is -0.343 e. The average molecular weight is 230 g/mol. The Kier molecular flexibility index (Phi) is 2.68. The number of rotatable bonds is 1. The lowest BCUT2D eigenvalue weighted by Gasteiger charge is -2.57. The molecule has 1 N–H and O–H groups in total. The molecule has 0 aromatic rings. The average Bonchev–Trinajstić information content (AvgIpc) is 2.31. The molecule has 5 heteroatoms. The van der Waals surface area contributed by atoms with Gasteiger partial charge < -0.3 is 4.74 Å². The van der Waals surface area contributed by atoms with E-state index in [0.29, 0.717) is 6.61 Å². The summed E-state index contributed by atoms with van der Waals surface area (Å²) in [6, 6.07) is 0. The normalized spacial score (nSPS) is 48.2. The van der Waals surface area contributed by atoms with Gasteiger partial charge in [0.2, 0.25) is 0 Å². The van der Waals surface area contributed by atoms with Crippen LogP contribution in [-0.2, 0) is 19.4 Å². The van der Waals surface area contributed by atoms with Gasteiger partial charge in [-0.2, -0.15) is 4.89 Å². The first-order chi connectivity index (χ1) is 7.83. The second kappa shape index (κ2) is 3.92. The van der Waals surface area contributed by atoms with Crippen LogP contribution in [0.1, 0.15) is 44.9 Å². The standard InChI is InChI=1S/C11H18O5/c12-15-10-6-3-1-2-5-9-11(10,16-14-9)13-8-4-7-10/h9,12H,1-8H2/t9-,10+,11-/m1/s1. The summed E-state index contributed by atoms with van der Waals surface area (Å²) in [6.07, 6.45) is 6.51. The fraction of sp³-hybridized carbons (Fsp3) is 1.00. The summed E-state index contributed by atoms with van der Waals surface area (Å²) < 4.78 is 5.77. The van der Waals surface area contributed by atoms with Crippen LogP contribution in [0.3, 0.4) is 0 Å². The Morgan fingerprint density at radius 2 is 2.00 bits per heavy atom. The Hall–Kier alpha value is -0.200. The molecule has 3 aliphatic rings. The molecule has 0 amide bonds. The van der Waals surface area contributed by atoms with E-state index < -0.39 is 11.4 Å². The van der Waals surface area contributed by atoms with E-state index in [0.717, 1.165) is 44.9 Å². The molecule has 3 rings (SSSR count). The Morgan fingerprint density at radius 3 is 2.75 bits per heavy atom. The third kappa shape index (κ3) is 1.29. The first-order valence-corrected chi connectivity index (χ1v) is 6.14. The van der Waals surface area contributed by atoms with E-state index in [-0.39, 0.29) is 6.10 Å². The first kappa shape index (κ1) is 10.9. The van der Waals surface area contributed by atoms with Crippen molar-refractivity contribution in [2.75, 3.05) is 6.61 Å². The van der Waals surface area contributed by atoms with E-state index in [4.69, 9.17) is 19.4 Å². The van der Waals surface area contributed by atoms with Crippen molar-refractivity contribution in [1.29, 1.82) is 0 Å². The molecule has 1 saturated carbocycles. The molecule has 92 valence electrons.